The zero-order valence-corrected chi connectivity index (χ0v) is 10.4. The second kappa shape index (κ2) is 4.83. The Morgan fingerprint density at radius 3 is 3.18 bits per heavy atom. The first-order chi connectivity index (χ1) is 8.15. The molecule has 1 aromatic heterocycles. The standard InChI is InChI=1S/C11H19N5O/c1-3-16-8-14-15-9(16)6-13-10(17)11(2)4-5-12-7-11/h8,12H,3-7H2,1-2H3,(H,13,17). The normalized spacial score (nSPS) is 23.9. The van der Waals surface area contributed by atoms with E-state index in [1.807, 2.05) is 18.4 Å². The Balaban J connectivity index is 1.92. The third-order valence-corrected chi connectivity index (χ3v) is 3.36. The van der Waals surface area contributed by atoms with Crippen LogP contribution in [0.15, 0.2) is 6.33 Å². The van der Waals surface area contributed by atoms with E-state index < -0.39 is 0 Å². The van der Waals surface area contributed by atoms with E-state index in [0.717, 1.165) is 31.9 Å². The Bertz CT molecular complexity index is 394. The number of rotatable bonds is 4. The average Bonchev–Trinajstić information content (AvgIpc) is 2.95. The maximum absolute atomic E-state index is 12.1. The fourth-order valence-corrected chi connectivity index (χ4v) is 2.06. The van der Waals surface area contributed by atoms with Gasteiger partial charge in [0.1, 0.15) is 6.33 Å². The average molecular weight is 237 g/mol. The predicted octanol–water partition coefficient (Wildman–Crippen LogP) is -0.0862. The molecule has 6 heteroatoms. The number of carbonyl (C=O) groups excluding carboxylic acids is 1. The molecule has 6 nitrogen and oxygen atoms in total. The molecule has 1 aromatic rings. The smallest absolute Gasteiger partial charge is 0.227 e. The minimum atomic E-state index is -0.281. The van der Waals surface area contributed by atoms with Crippen molar-refractivity contribution in [2.45, 2.75) is 33.4 Å². The lowest BCUT2D eigenvalue weighted by molar-refractivity contribution is -0.129. The Hall–Kier alpha value is -1.43. The minimum absolute atomic E-state index is 0.0909. The van der Waals surface area contributed by atoms with Crippen molar-refractivity contribution < 1.29 is 4.79 Å². The molecule has 2 heterocycles. The van der Waals surface area contributed by atoms with Crippen LogP contribution in [0.4, 0.5) is 0 Å². The van der Waals surface area contributed by atoms with Gasteiger partial charge in [0.25, 0.3) is 0 Å². The number of nitrogens with zero attached hydrogens (tertiary/aromatic N) is 3. The third-order valence-electron chi connectivity index (χ3n) is 3.36. The van der Waals surface area contributed by atoms with E-state index in [0.29, 0.717) is 6.54 Å². The fraction of sp³-hybridized carbons (Fsp3) is 0.727. The Kier molecular flexibility index (Phi) is 3.42. The summed E-state index contributed by atoms with van der Waals surface area (Å²) in [6, 6.07) is 0. The first-order valence-electron chi connectivity index (χ1n) is 6.01. The van der Waals surface area contributed by atoms with Gasteiger partial charge in [-0.2, -0.15) is 0 Å². The van der Waals surface area contributed by atoms with Gasteiger partial charge < -0.3 is 15.2 Å². The summed E-state index contributed by atoms with van der Waals surface area (Å²) in [5.74, 6) is 0.892. The highest BCUT2D eigenvalue weighted by Gasteiger charge is 2.36. The first kappa shape index (κ1) is 12.0. The Labute approximate surface area is 101 Å². The van der Waals surface area contributed by atoms with Crippen LogP contribution < -0.4 is 10.6 Å². The minimum Gasteiger partial charge on any atom is -0.348 e. The van der Waals surface area contributed by atoms with Crippen LogP contribution in [0.3, 0.4) is 0 Å². The van der Waals surface area contributed by atoms with Crippen molar-refractivity contribution >= 4 is 5.91 Å². The summed E-state index contributed by atoms with van der Waals surface area (Å²) in [4.78, 5) is 12.1. The van der Waals surface area contributed by atoms with Crippen molar-refractivity contribution in [1.29, 1.82) is 0 Å². The van der Waals surface area contributed by atoms with Crippen LogP contribution in [0.5, 0.6) is 0 Å². The van der Waals surface area contributed by atoms with E-state index in [4.69, 9.17) is 0 Å². The van der Waals surface area contributed by atoms with Crippen molar-refractivity contribution in [1.82, 2.24) is 25.4 Å². The van der Waals surface area contributed by atoms with Gasteiger partial charge in [-0.05, 0) is 26.8 Å². The van der Waals surface area contributed by atoms with Gasteiger partial charge in [-0.1, -0.05) is 0 Å². The summed E-state index contributed by atoms with van der Waals surface area (Å²) in [7, 11) is 0. The van der Waals surface area contributed by atoms with E-state index >= 15 is 0 Å². The third kappa shape index (κ3) is 2.46. The van der Waals surface area contributed by atoms with Crippen molar-refractivity contribution in [2.24, 2.45) is 5.41 Å². The highest BCUT2D eigenvalue weighted by Crippen LogP contribution is 2.24. The van der Waals surface area contributed by atoms with E-state index in [2.05, 4.69) is 20.8 Å². The van der Waals surface area contributed by atoms with Crippen LogP contribution in [-0.2, 0) is 17.9 Å². The molecule has 1 atom stereocenters. The molecule has 0 radical (unpaired) electrons. The van der Waals surface area contributed by atoms with Crippen LogP contribution in [0.1, 0.15) is 26.1 Å². The highest BCUT2D eigenvalue weighted by molar-refractivity contribution is 5.82. The molecule has 94 valence electrons. The summed E-state index contributed by atoms with van der Waals surface area (Å²) >= 11 is 0. The summed E-state index contributed by atoms with van der Waals surface area (Å²) in [5, 5.41) is 14.0. The van der Waals surface area contributed by atoms with Gasteiger partial charge in [-0.15, -0.1) is 10.2 Å². The van der Waals surface area contributed by atoms with Crippen LogP contribution in [0.2, 0.25) is 0 Å². The molecule has 0 spiro atoms. The molecule has 2 N–H and O–H groups in total. The van der Waals surface area contributed by atoms with Gasteiger partial charge >= 0.3 is 0 Å². The molecule has 1 aliphatic heterocycles. The summed E-state index contributed by atoms with van der Waals surface area (Å²) in [6.45, 7) is 6.94. The first-order valence-corrected chi connectivity index (χ1v) is 6.01. The molecular weight excluding hydrogens is 218 g/mol. The quantitative estimate of drug-likeness (QED) is 0.768. The topological polar surface area (TPSA) is 71.8 Å². The van der Waals surface area contributed by atoms with Gasteiger partial charge in [0.2, 0.25) is 5.91 Å². The molecule has 0 saturated carbocycles. The highest BCUT2D eigenvalue weighted by atomic mass is 16.2. The van der Waals surface area contributed by atoms with Gasteiger partial charge in [-0.25, -0.2) is 0 Å². The molecule has 1 saturated heterocycles. The van der Waals surface area contributed by atoms with E-state index in [-0.39, 0.29) is 11.3 Å². The lowest BCUT2D eigenvalue weighted by atomic mass is 9.89. The van der Waals surface area contributed by atoms with Crippen LogP contribution >= 0.6 is 0 Å². The van der Waals surface area contributed by atoms with Gasteiger partial charge in [0.05, 0.1) is 12.0 Å². The molecule has 0 aliphatic carbocycles. The number of aromatic nitrogens is 3. The number of carbonyl (C=O) groups is 1. The summed E-state index contributed by atoms with van der Waals surface area (Å²) in [6.07, 6.45) is 2.57. The summed E-state index contributed by atoms with van der Waals surface area (Å²) in [5.41, 5.74) is -0.281. The zero-order chi connectivity index (χ0) is 12.3. The van der Waals surface area contributed by atoms with Crippen molar-refractivity contribution in [3.8, 4) is 0 Å². The molecule has 0 bridgehead atoms. The largest absolute Gasteiger partial charge is 0.348 e. The van der Waals surface area contributed by atoms with Crippen molar-refractivity contribution in [2.75, 3.05) is 13.1 Å². The lowest BCUT2D eigenvalue weighted by Crippen LogP contribution is -2.40. The van der Waals surface area contributed by atoms with E-state index in [1.54, 1.807) is 6.33 Å². The maximum Gasteiger partial charge on any atom is 0.227 e. The number of hydrogen-bond acceptors (Lipinski definition) is 4. The zero-order valence-electron chi connectivity index (χ0n) is 10.4. The number of hydrogen-bond donors (Lipinski definition) is 2. The van der Waals surface area contributed by atoms with Crippen molar-refractivity contribution in [3.05, 3.63) is 12.2 Å². The second-order valence-electron chi connectivity index (χ2n) is 4.70. The number of aryl methyl sites for hydroxylation is 1. The van der Waals surface area contributed by atoms with Crippen molar-refractivity contribution in [3.63, 3.8) is 0 Å². The molecule has 1 aliphatic rings. The molecule has 2 rings (SSSR count). The predicted molar refractivity (Wildman–Crippen MR) is 63.1 cm³/mol. The Morgan fingerprint density at radius 2 is 2.53 bits per heavy atom. The van der Waals surface area contributed by atoms with Crippen LogP contribution in [0.25, 0.3) is 0 Å². The molecule has 1 fully saturated rings. The molecule has 1 unspecified atom stereocenters. The van der Waals surface area contributed by atoms with Gasteiger partial charge in [0, 0.05) is 13.1 Å². The Morgan fingerprint density at radius 1 is 1.71 bits per heavy atom. The van der Waals surface area contributed by atoms with Crippen LogP contribution in [-0.4, -0.2) is 33.8 Å². The van der Waals surface area contributed by atoms with Gasteiger partial charge in [0.15, 0.2) is 5.82 Å². The monoisotopic (exact) mass is 237 g/mol. The molecular formula is C11H19N5O. The second-order valence-corrected chi connectivity index (χ2v) is 4.70. The van der Waals surface area contributed by atoms with Crippen LogP contribution in [0, 0.1) is 5.41 Å². The van der Waals surface area contributed by atoms with E-state index in [1.165, 1.54) is 0 Å². The maximum atomic E-state index is 12.1. The SMILES string of the molecule is CCn1cnnc1CNC(=O)C1(C)CCNC1. The fourth-order valence-electron chi connectivity index (χ4n) is 2.06. The van der Waals surface area contributed by atoms with Gasteiger partial charge in [-0.3, -0.25) is 4.79 Å². The molecule has 17 heavy (non-hydrogen) atoms. The number of amides is 1. The number of nitrogens with one attached hydrogen (secondary N) is 2. The lowest BCUT2D eigenvalue weighted by Gasteiger charge is -2.21. The van der Waals surface area contributed by atoms with E-state index in [9.17, 15) is 4.79 Å². The summed E-state index contributed by atoms with van der Waals surface area (Å²) < 4.78 is 1.93. The molecule has 1 amide bonds. The molecule has 0 aromatic carbocycles.